The van der Waals surface area contributed by atoms with Crippen molar-refractivity contribution in [2.45, 2.75) is 40.8 Å². The van der Waals surface area contributed by atoms with Crippen molar-refractivity contribution in [3.8, 4) is 11.8 Å². The van der Waals surface area contributed by atoms with Gasteiger partial charge in [0, 0.05) is 5.56 Å². The van der Waals surface area contributed by atoms with Crippen LogP contribution in [-0.2, 0) is 6.18 Å². The fraction of sp³-hybridized carbons (Fsp3) is 0.300. The summed E-state index contributed by atoms with van der Waals surface area (Å²) in [5.41, 5.74) is 1.31. The second-order valence-corrected chi connectivity index (χ2v) is 5.22. The normalized spacial score (nSPS) is 10.1. The van der Waals surface area contributed by atoms with E-state index in [0.717, 1.165) is 17.7 Å². The Morgan fingerprint density at radius 3 is 2.33 bits per heavy atom. The zero-order valence-electron chi connectivity index (χ0n) is 15.8. The van der Waals surface area contributed by atoms with Crippen molar-refractivity contribution in [3.05, 3.63) is 64.1 Å². The molecule has 0 radical (unpaired) electrons. The number of alkyl halides is 3. The molecule has 0 N–H and O–H groups in total. The lowest BCUT2D eigenvalue weighted by atomic mass is 10.1. The van der Waals surface area contributed by atoms with Crippen molar-refractivity contribution in [1.29, 1.82) is 0 Å². The molecule has 0 aliphatic carbocycles. The average Bonchev–Trinajstić information content (AvgIpc) is 3.05. The summed E-state index contributed by atoms with van der Waals surface area (Å²) in [5.74, 6) is 5.46. The van der Waals surface area contributed by atoms with E-state index >= 15 is 0 Å². The topological polar surface area (TPSA) is 30.2 Å². The highest BCUT2D eigenvalue weighted by Crippen LogP contribution is 2.29. The summed E-state index contributed by atoms with van der Waals surface area (Å²) in [5, 5.41) is 4.46. The van der Waals surface area contributed by atoms with E-state index in [4.69, 9.17) is 11.6 Å². The molecular weight excluding hydrogens is 375 g/mol. The molecule has 0 amide bonds. The summed E-state index contributed by atoms with van der Waals surface area (Å²) < 4.78 is 39.5. The summed E-state index contributed by atoms with van der Waals surface area (Å²) in [6, 6.07) is 6.59. The molecule has 0 aliphatic rings. The minimum Gasteiger partial charge on any atom is -0.234 e. The van der Waals surface area contributed by atoms with Crippen LogP contribution in [0.2, 0.25) is 5.15 Å². The first-order valence-corrected chi connectivity index (χ1v) is 8.92. The molecule has 2 heterocycles. The van der Waals surface area contributed by atoms with E-state index in [2.05, 4.69) is 21.9 Å². The summed E-state index contributed by atoms with van der Waals surface area (Å²) in [6.45, 7) is 9.80. The number of halogens is 4. The molecule has 27 heavy (non-hydrogen) atoms. The highest BCUT2D eigenvalue weighted by molar-refractivity contribution is 6.30. The summed E-state index contributed by atoms with van der Waals surface area (Å²) in [6.07, 6.45) is -2.90. The van der Waals surface area contributed by atoms with Crippen molar-refractivity contribution in [1.82, 2.24) is 14.6 Å². The zero-order chi connectivity index (χ0) is 20.6. The number of fused-ring (bicyclic) bond motifs is 1. The van der Waals surface area contributed by atoms with Crippen LogP contribution in [0.1, 0.15) is 50.1 Å². The standard InChI is InChI=1S/C16H9ClF3N3.2C2H6/c1-10-7-14-21-9-13(23(14)22-15(10)17)6-5-11-3-2-4-12(8-11)16(18,19)20;2*1-2/h2-4,7-9H,1H3;2*1-2H3. The number of hydrogen-bond acceptors (Lipinski definition) is 2. The number of imidazole rings is 1. The third kappa shape index (κ3) is 5.73. The highest BCUT2D eigenvalue weighted by Gasteiger charge is 2.30. The molecule has 144 valence electrons. The first-order valence-electron chi connectivity index (χ1n) is 8.55. The van der Waals surface area contributed by atoms with Crippen molar-refractivity contribution in [3.63, 3.8) is 0 Å². The second-order valence-electron chi connectivity index (χ2n) is 4.86. The Kier molecular flexibility index (Phi) is 8.32. The van der Waals surface area contributed by atoms with E-state index in [1.807, 2.05) is 27.7 Å². The molecule has 0 aliphatic heterocycles. The van der Waals surface area contributed by atoms with Gasteiger partial charge >= 0.3 is 6.18 Å². The quantitative estimate of drug-likeness (QED) is 0.426. The molecule has 3 rings (SSSR count). The van der Waals surface area contributed by atoms with Gasteiger partial charge in [-0.3, -0.25) is 0 Å². The predicted octanol–water partition coefficient (Wildman–Crippen LogP) is 6.16. The van der Waals surface area contributed by atoms with Crippen molar-refractivity contribution >= 4 is 17.2 Å². The lowest BCUT2D eigenvalue weighted by Gasteiger charge is -2.05. The maximum absolute atomic E-state index is 12.7. The third-order valence-electron chi connectivity index (χ3n) is 3.15. The van der Waals surface area contributed by atoms with Crippen molar-refractivity contribution in [2.24, 2.45) is 0 Å². The van der Waals surface area contributed by atoms with Gasteiger partial charge in [-0.2, -0.15) is 18.3 Å². The Bertz CT molecular complexity index is 950. The van der Waals surface area contributed by atoms with Gasteiger partial charge in [0.15, 0.2) is 10.8 Å². The molecule has 3 nitrogen and oxygen atoms in total. The van der Waals surface area contributed by atoms with Crippen LogP contribution in [0.5, 0.6) is 0 Å². The van der Waals surface area contributed by atoms with Gasteiger partial charge in [0.2, 0.25) is 0 Å². The summed E-state index contributed by atoms with van der Waals surface area (Å²) in [4.78, 5) is 4.15. The van der Waals surface area contributed by atoms with Gasteiger partial charge in [0.25, 0.3) is 0 Å². The Morgan fingerprint density at radius 1 is 1.04 bits per heavy atom. The van der Waals surface area contributed by atoms with Gasteiger partial charge in [-0.15, -0.1) is 0 Å². The van der Waals surface area contributed by atoms with E-state index in [1.165, 1.54) is 22.8 Å². The van der Waals surface area contributed by atoms with Crippen LogP contribution in [0, 0.1) is 18.8 Å². The molecule has 0 atom stereocenters. The molecule has 7 heteroatoms. The predicted molar refractivity (Wildman–Crippen MR) is 103 cm³/mol. The first-order chi connectivity index (χ1) is 12.8. The summed E-state index contributed by atoms with van der Waals surface area (Å²) in [7, 11) is 0. The highest BCUT2D eigenvalue weighted by atomic mass is 35.5. The van der Waals surface area contributed by atoms with E-state index in [1.54, 1.807) is 13.0 Å². The van der Waals surface area contributed by atoms with Gasteiger partial charge in [-0.1, -0.05) is 51.3 Å². The number of aryl methyl sites for hydroxylation is 1. The van der Waals surface area contributed by atoms with Crippen molar-refractivity contribution < 1.29 is 13.2 Å². The molecule has 2 aromatic heterocycles. The van der Waals surface area contributed by atoms with E-state index in [9.17, 15) is 13.2 Å². The van der Waals surface area contributed by atoms with Gasteiger partial charge < -0.3 is 0 Å². The maximum atomic E-state index is 12.7. The Hall–Kier alpha value is -2.52. The number of hydrogen-bond donors (Lipinski definition) is 0. The van der Waals surface area contributed by atoms with Crippen LogP contribution in [0.15, 0.2) is 36.5 Å². The Balaban J connectivity index is 0.000000855. The fourth-order valence-electron chi connectivity index (χ4n) is 1.98. The molecule has 0 saturated carbocycles. The zero-order valence-corrected chi connectivity index (χ0v) is 16.6. The molecule has 0 fully saturated rings. The molecule has 0 bridgehead atoms. The fourth-order valence-corrected chi connectivity index (χ4v) is 2.11. The van der Waals surface area contributed by atoms with Gasteiger partial charge in [-0.25, -0.2) is 9.50 Å². The number of nitrogens with zero attached hydrogens (tertiary/aromatic N) is 3. The third-order valence-corrected chi connectivity index (χ3v) is 3.52. The molecule has 1 aromatic carbocycles. The van der Waals surface area contributed by atoms with Crippen LogP contribution < -0.4 is 0 Å². The number of aromatic nitrogens is 3. The average molecular weight is 396 g/mol. The van der Waals surface area contributed by atoms with Crippen LogP contribution in [0.3, 0.4) is 0 Å². The maximum Gasteiger partial charge on any atom is 0.416 e. The van der Waals surface area contributed by atoms with E-state index in [0.29, 0.717) is 16.5 Å². The van der Waals surface area contributed by atoms with Gasteiger partial charge in [-0.05, 0) is 42.7 Å². The molecule has 0 spiro atoms. The van der Waals surface area contributed by atoms with Crippen LogP contribution in [-0.4, -0.2) is 14.6 Å². The van der Waals surface area contributed by atoms with E-state index < -0.39 is 11.7 Å². The molecule has 0 saturated heterocycles. The minimum atomic E-state index is -4.40. The Labute approximate surface area is 162 Å². The van der Waals surface area contributed by atoms with Crippen LogP contribution in [0.25, 0.3) is 5.65 Å². The first kappa shape index (κ1) is 22.5. The molecule has 0 unspecified atom stereocenters. The smallest absolute Gasteiger partial charge is 0.234 e. The van der Waals surface area contributed by atoms with Gasteiger partial charge in [0.1, 0.15) is 5.69 Å². The van der Waals surface area contributed by atoms with Crippen molar-refractivity contribution in [2.75, 3.05) is 0 Å². The SMILES string of the molecule is CC.CC.Cc1cc2ncc(C#Cc3cccc(C(F)(F)F)c3)n2nc1Cl. The van der Waals surface area contributed by atoms with Gasteiger partial charge in [0.05, 0.1) is 11.8 Å². The largest absolute Gasteiger partial charge is 0.416 e. The molecule has 3 aromatic rings. The van der Waals surface area contributed by atoms with E-state index in [-0.39, 0.29) is 5.56 Å². The minimum absolute atomic E-state index is 0.257. The lowest BCUT2D eigenvalue weighted by molar-refractivity contribution is -0.137. The van der Waals surface area contributed by atoms with Crippen LogP contribution in [0.4, 0.5) is 13.2 Å². The summed E-state index contributed by atoms with van der Waals surface area (Å²) >= 11 is 5.97. The number of rotatable bonds is 0. The Morgan fingerprint density at radius 2 is 1.70 bits per heavy atom. The van der Waals surface area contributed by atoms with Crippen LogP contribution >= 0.6 is 11.6 Å². The second kappa shape index (κ2) is 9.98. The lowest BCUT2D eigenvalue weighted by Crippen LogP contribution is -2.04. The monoisotopic (exact) mass is 395 g/mol. The molecular formula is C20H21ClF3N3. The number of benzene rings is 1.